The van der Waals surface area contributed by atoms with Gasteiger partial charge >= 0.3 is 0 Å². The molecule has 0 aromatic rings. The van der Waals surface area contributed by atoms with Crippen LogP contribution in [0.25, 0.3) is 0 Å². The van der Waals surface area contributed by atoms with E-state index in [4.69, 9.17) is 0 Å². The van der Waals surface area contributed by atoms with E-state index in [9.17, 15) is 4.79 Å². The van der Waals surface area contributed by atoms with Crippen LogP contribution in [0.15, 0.2) is 0 Å². The summed E-state index contributed by atoms with van der Waals surface area (Å²) >= 11 is 2.95. The van der Waals surface area contributed by atoms with Crippen molar-refractivity contribution >= 4 is 21.8 Å². The van der Waals surface area contributed by atoms with Gasteiger partial charge in [-0.1, -0.05) is 0 Å². The number of nitrogens with zero attached hydrogens (tertiary/aromatic N) is 2. The van der Waals surface area contributed by atoms with Crippen molar-refractivity contribution in [3.63, 3.8) is 0 Å². The molecule has 0 unspecified atom stereocenters. The van der Waals surface area contributed by atoms with E-state index in [2.05, 4.69) is 38.6 Å². The average Bonchev–Trinajstić information content (AvgIpc) is 2.49. The fraction of sp³-hybridized carbons (Fsp3) is 0.700. The summed E-state index contributed by atoms with van der Waals surface area (Å²) in [5.41, 5.74) is 0.387. The summed E-state index contributed by atoms with van der Waals surface area (Å²) in [5, 5.41) is 0. The van der Waals surface area contributed by atoms with Crippen LogP contribution < -0.4 is 0 Å². The van der Waals surface area contributed by atoms with Gasteiger partial charge in [0.25, 0.3) is 5.91 Å². The van der Waals surface area contributed by atoms with E-state index in [1.807, 2.05) is 4.90 Å². The maximum Gasteiger partial charge on any atom is 0.299 e. The van der Waals surface area contributed by atoms with Gasteiger partial charge in [-0.3, -0.25) is 4.79 Å². The van der Waals surface area contributed by atoms with Gasteiger partial charge < -0.3 is 9.80 Å². The van der Waals surface area contributed by atoms with Gasteiger partial charge in [0.2, 0.25) is 0 Å². The molecule has 2 heterocycles. The van der Waals surface area contributed by atoms with Crippen molar-refractivity contribution in [2.75, 3.05) is 33.2 Å². The van der Waals surface area contributed by atoms with Crippen LogP contribution in [0.4, 0.5) is 0 Å². The van der Waals surface area contributed by atoms with Crippen molar-refractivity contribution < 1.29 is 4.79 Å². The molecule has 2 rings (SSSR count). The SMILES string of the molecule is CN1CC2(CCN(C(=O)C#CBr)C2)C1. The van der Waals surface area contributed by atoms with Crippen LogP contribution in [0.1, 0.15) is 6.42 Å². The molecule has 2 fully saturated rings. The van der Waals surface area contributed by atoms with Gasteiger partial charge in [-0.05, 0) is 18.3 Å². The minimum atomic E-state index is -0.0479. The predicted octanol–water partition coefficient (Wildman–Crippen LogP) is 0.506. The number of hydrogen-bond acceptors (Lipinski definition) is 2. The van der Waals surface area contributed by atoms with E-state index in [0.29, 0.717) is 5.41 Å². The predicted molar refractivity (Wildman–Crippen MR) is 57.8 cm³/mol. The normalized spacial score (nSPS) is 24.3. The lowest BCUT2D eigenvalue weighted by atomic mass is 9.79. The van der Waals surface area contributed by atoms with Gasteiger partial charge in [0.15, 0.2) is 0 Å². The second kappa shape index (κ2) is 3.56. The maximum absolute atomic E-state index is 11.5. The Kier molecular flexibility index (Phi) is 2.54. The number of amides is 1. The highest BCUT2D eigenvalue weighted by Crippen LogP contribution is 2.38. The minimum Gasteiger partial charge on any atom is -0.331 e. The Balaban J connectivity index is 1.94. The van der Waals surface area contributed by atoms with Gasteiger partial charge in [-0.2, -0.15) is 0 Å². The number of carbonyl (C=O) groups is 1. The van der Waals surface area contributed by atoms with E-state index in [1.54, 1.807) is 0 Å². The van der Waals surface area contributed by atoms with E-state index >= 15 is 0 Å². The molecule has 4 heteroatoms. The Morgan fingerprint density at radius 1 is 1.43 bits per heavy atom. The molecule has 2 aliphatic rings. The summed E-state index contributed by atoms with van der Waals surface area (Å²) in [7, 11) is 2.12. The Hall–Kier alpha value is -0.530. The fourth-order valence-corrected chi connectivity index (χ4v) is 2.75. The van der Waals surface area contributed by atoms with Crippen LogP contribution >= 0.6 is 15.9 Å². The third-order valence-electron chi connectivity index (χ3n) is 3.09. The fourth-order valence-electron chi connectivity index (χ4n) is 2.58. The quantitative estimate of drug-likeness (QED) is 0.590. The summed E-state index contributed by atoms with van der Waals surface area (Å²) in [4.78, 5) is 18.1. The molecule has 2 saturated heterocycles. The van der Waals surface area contributed by atoms with Crippen molar-refractivity contribution in [1.29, 1.82) is 0 Å². The monoisotopic (exact) mass is 256 g/mol. The zero-order valence-corrected chi connectivity index (χ0v) is 9.80. The molecule has 14 heavy (non-hydrogen) atoms. The second-order valence-corrected chi connectivity index (χ2v) is 4.76. The van der Waals surface area contributed by atoms with Crippen LogP contribution in [-0.4, -0.2) is 48.9 Å². The third-order valence-corrected chi connectivity index (χ3v) is 3.29. The summed E-state index contributed by atoms with van der Waals surface area (Å²) < 4.78 is 0. The van der Waals surface area contributed by atoms with Crippen molar-refractivity contribution in [1.82, 2.24) is 9.80 Å². The number of likely N-dealkylation sites (tertiary alicyclic amines) is 2. The van der Waals surface area contributed by atoms with Gasteiger partial charge in [-0.25, -0.2) is 0 Å². The molecule has 76 valence electrons. The lowest BCUT2D eigenvalue weighted by Gasteiger charge is -2.45. The van der Waals surface area contributed by atoms with Gasteiger partial charge in [0.1, 0.15) is 0 Å². The summed E-state index contributed by atoms with van der Waals surface area (Å²) in [5.74, 6) is 2.48. The lowest BCUT2D eigenvalue weighted by Crippen LogP contribution is -2.55. The number of hydrogen-bond donors (Lipinski definition) is 0. The van der Waals surface area contributed by atoms with E-state index < -0.39 is 0 Å². The second-order valence-electron chi connectivity index (χ2n) is 4.37. The number of halogens is 1. The van der Waals surface area contributed by atoms with E-state index in [1.165, 1.54) is 0 Å². The van der Waals surface area contributed by atoms with Gasteiger partial charge in [0.05, 0.1) is 0 Å². The Morgan fingerprint density at radius 2 is 2.14 bits per heavy atom. The largest absolute Gasteiger partial charge is 0.331 e. The van der Waals surface area contributed by atoms with Gasteiger partial charge in [0, 0.05) is 53.4 Å². The maximum atomic E-state index is 11.5. The van der Waals surface area contributed by atoms with E-state index in [0.717, 1.165) is 32.6 Å². The summed E-state index contributed by atoms with van der Waals surface area (Å²) in [6.45, 7) is 4.00. The van der Waals surface area contributed by atoms with Crippen molar-refractivity contribution in [2.24, 2.45) is 5.41 Å². The number of rotatable bonds is 0. The van der Waals surface area contributed by atoms with Crippen LogP contribution in [0, 0.1) is 16.2 Å². The molecule has 3 nitrogen and oxygen atoms in total. The molecule has 0 N–H and O–H groups in total. The van der Waals surface area contributed by atoms with Crippen LogP contribution in [-0.2, 0) is 4.79 Å². The smallest absolute Gasteiger partial charge is 0.299 e. The molecule has 2 aliphatic heterocycles. The topological polar surface area (TPSA) is 23.6 Å². The molecule has 0 atom stereocenters. The molecule has 0 aromatic heterocycles. The third kappa shape index (κ3) is 1.67. The van der Waals surface area contributed by atoms with Crippen LogP contribution in [0.5, 0.6) is 0 Å². The first-order valence-electron chi connectivity index (χ1n) is 4.74. The van der Waals surface area contributed by atoms with Gasteiger partial charge in [-0.15, -0.1) is 0 Å². The van der Waals surface area contributed by atoms with Crippen LogP contribution in [0.3, 0.4) is 0 Å². The zero-order valence-electron chi connectivity index (χ0n) is 8.22. The molecule has 0 aromatic carbocycles. The number of carbonyl (C=O) groups excluding carboxylic acids is 1. The first kappa shape index (κ1) is 10.0. The zero-order chi connectivity index (χ0) is 10.2. The van der Waals surface area contributed by atoms with Crippen molar-refractivity contribution in [2.45, 2.75) is 6.42 Å². The highest BCUT2D eigenvalue weighted by atomic mass is 79.9. The highest BCUT2D eigenvalue weighted by molar-refractivity contribution is 9.12. The molecule has 1 spiro atoms. The molecular formula is C10H13BrN2O. The average molecular weight is 257 g/mol. The van der Waals surface area contributed by atoms with Crippen molar-refractivity contribution in [3.8, 4) is 10.8 Å². The highest BCUT2D eigenvalue weighted by Gasteiger charge is 2.46. The minimum absolute atomic E-state index is 0.0479. The summed E-state index contributed by atoms with van der Waals surface area (Å²) in [6, 6.07) is 0. The lowest BCUT2D eigenvalue weighted by molar-refractivity contribution is -0.125. The van der Waals surface area contributed by atoms with E-state index in [-0.39, 0.29) is 5.91 Å². The molecule has 1 amide bonds. The molecule has 0 saturated carbocycles. The Bertz CT molecular complexity index is 312. The molecule has 0 bridgehead atoms. The summed E-state index contributed by atoms with van der Waals surface area (Å²) in [6.07, 6.45) is 1.13. The molecule has 0 radical (unpaired) electrons. The van der Waals surface area contributed by atoms with Crippen molar-refractivity contribution in [3.05, 3.63) is 0 Å². The molecule has 0 aliphatic carbocycles. The molecular weight excluding hydrogens is 244 g/mol. The Morgan fingerprint density at radius 3 is 2.71 bits per heavy atom. The Labute approximate surface area is 92.6 Å². The van der Waals surface area contributed by atoms with Crippen LogP contribution in [0.2, 0.25) is 0 Å². The first-order chi connectivity index (χ1) is 6.65. The first-order valence-corrected chi connectivity index (χ1v) is 5.54. The standard InChI is InChI=1S/C10H13BrN2O/c1-12-6-10(7-12)3-5-13(8-10)9(14)2-4-11/h3,5-8H2,1H3.